The van der Waals surface area contributed by atoms with Gasteiger partial charge in [-0.1, -0.05) is 6.42 Å². The van der Waals surface area contributed by atoms with Crippen molar-refractivity contribution in [1.29, 1.82) is 0 Å². The zero-order valence-corrected chi connectivity index (χ0v) is 8.98. The number of hydrogen-bond acceptors (Lipinski definition) is 2. The van der Waals surface area contributed by atoms with Crippen LogP contribution in [0.1, 0.15) is 19.3 Å². The van der Waals surface area contributed by atoms with Crippen molar-refractivity contribution in [1.82, 2.24) is 5.32 Å². The van der Waals surface area contributed by atoms with Crippen LogP contribution in [0.2, 0.25) is 0 Å². The third-order valence-corrected chi connectivity index (χ3v) is 2.99. The summed E-state index contributed by atoms with van der Waals surface area (Å²) < 4.78 is 60.6. The lowest BCUT2D eigenvalue weighted by Crippen LogP contribution is -2.55. The summed E-state index contributed by atoms with van der Waals surface area (Å²) in [7, 11) is 0. The van der Waals surface area contributed by atoms with Crippen LogP contribution in [0.4, 0.5) is 22.0 Å². The number of aliphatic carboxylic acids is 1. The molecule has 0 aromatic rings. The number of carbonyl (C=O) groups excluding carboxylic acids is 1. The van der Waals surface area contributed by atoms with Crippen LogP contribution in [0.5, 0.6) is 0 Å². The van der Waals surface area contributed by atoms with Gasteiger partial charge in [-0.2, -0.15) is 22.0 Å². The fourth-order valence-electron chi connectivity index (χ4n) is 1.56. The highest BCUT2D eigenvalue weighted by Gasteiger charge is 2.63. The maximum absolute atomic E-state index is 12.5. The number of hydrogen-bond donors (Lipinski definition) is 2. The van der Waals surface area contributed by atoms with Gasteiger partial charge in [-0.25, -0.2) is 0 Å². The Hall–Kier alpha value is -1.41. The number of carboxylic acid groups (broad SMARTS) is 1. The van der Waals surface area contributed by atoms with Gasteiger partial charge in [-0.15, -0.1) is 0 Å². The first-order valence-corrected chi connectivity index (χ1v) is 4.99. The average Bonchev–Trinajstić information content (AvgIpc) is 2.12. The highest BCUT2D eigenvalue weighted by atomic mass is 19.4. The van der Waals surface area contributed by atoms with E-state index in [1.54, 1.807) is 0 Å². The van der Waals surface area contributed by atoms with Crippen molar-refractivity contribution >= 4 is 11.9 Å². The van der Waals surface area contributed by atoms with E-state index in [4.69, 9.17) is 5.11 Å². The lowest BCUT2D eigenvalue weighted by Gasteiger charge is -2.37. The third-order valence-electron chi connectivity index (χ3n) is 2.99. The number of halogens is 5. The molecule has 104 valence electrons. The highest BCUT2D eigenvalue weighted by molar-refractivity contribution is 5.85. The van der Waals surface area contributed by atoms with Crippen molar-refractivity contribution in [2.75, 3.05) is 6.54 Å². The van der Waals surface area contributed by atoms with E-state index in [0.717, 1.165) is 0 Å². The number of carboxylic acids is 1. The van der Waals surface area contributed by atoms with Gasteiger partial charge < -0.3 is 10.4 Å². The van der Waals surface area contributed by atoms with Crippen LogP contribution >= 0.6 is 0 Å². The SMILES string of the molecule is O=C(O)C1(CNC(=O)C(F)(F)C(F)(F)F)CCC1. The van der Waals surface area contributed by atoms with Crippen LogP contribution in [-0.2, 0) is 9.59 Å². The number of alkyl halides is 5. The maximum atomic E-state index is 12.5. The highest BCUT2D eigenvalue weighted by Crippen LogP contribution is 2.41. The van der Waals surface area contributed by atoms with Crippen LogP contribution in [0.3, 0.4) is 0 Å². The predicted octanol–water partition coefficient (Wildman–Crippen LogP) is 1.56. The van der Waals surface area contributed by atoms with E-state index in [-0.39, 0.29) is 12.8 Å². The molecule has 0 aromatic carbocycles. The zero-order valence-electron chi connectivity index (χ0n) is 8.98. The van der Waals surface area contributed by atoms with Crippen LogP contribution in [0, 0.1) is 5.41 Å². The Balaban J connectivity index is 2.64. The van der Waals surface area contributed by atoms with E-state index in [0.29, 0.717) is 6.42 Å². The summed E-state index contributed by atoms with van der Waals surface area (Å²) in [4.78, 5) is 21.5. The molecule has 0 bridgehead atoms. The molecule has 1 aliphatic carbocycles. The summed E-state index contributed by atoms with van der Waals surface area (Å²) in [6.45, 7) is -0.729. The van der Waals surface area contributed by atoms with E-state index < -0.39 is 35.9 Å². The van der Waals surface area contributed by atoms with Gasteiger partial charge in [0.15, 0.2) is 0 Å². The topological polar surface area (TPSA) is 66.4 Å². The Bertz CT molecular complexity index is 362. The summed E-state index contributed by atoms with van der Waals surface area (Å²) >= 11 is 0. The summed E-state index contributed by atoms with van der Waals surface area (Å²) in [5.41, 5.74) is -1.42. The first-order valence-electron chi connectivity index (χ1n) is 4.99. The number of nitrogens with one attached hydrogen (secondary N) is 1. The quantitative estimate of drug-likeness (QED) is 0.765. The molecule has 1 rings (SSSR count). The Morgan fingerprint density at radius 3 is 1.94 bits per heavy atom. The molecule has 0 atom stereocenters. The molecule has 0 saturated heterocycles. The van der Waals surface area contributed by atoms with Crippen LogP contribution < -0.4 is 5.32 Å². The Labute approximate surface area is 98.1 Å². The van der Waals surface area contributed by atoms with Crippen molar-refractivity contribution in [2.45, 2.75) is 31.4 Å². The van der Waals surface area contributed by atoms with Crippen LogP contribution in [0.15, 0.2) is 0 Å². The average molecular weight is 275 g/mol. The lowest BCUT2D eigenvalue weighted by molar-refractivity contribution is -0.270. The molecule has 1 saturated carbocycles. The molecule has 2 N–H and O–H groups in total. The van der Waals surface area contributed by atoms with Gasteiger partial charge in [-0.3, -0.25) is 9.59 Å². The molecule has 1 amide bonds. The smallest absolute Gasteiger partial charge is 0.463 e. The van der Waals surface area contributed by atoms with E-state index in [9.17, 15) is 31.5 Å². The molecule has 9 heteroatoms. The molecule has 18 heavy (non-hydrogen) atoms. The first-order chi connectivity index (χ1) is 8.03. The molecule has 0 aromatic heterocycles. The van der Waals surface area contributed by atoms with Crippen molar-refractivity contribution in [3.8, 4) is 0 Å². The zero-order chi connectivity index (χ0) is 14.2. The molecule has 1 aliphatic rings. The standard InChI is InChI=1S/C9H10F5NO3/c10-8(11,9(12,13)14)5(16)15-4-7(6(17)18)2-1-3-7/h1-4H2,(H,15,16)(H,17,18). The van der Waals surface area contributed by atoms with Crippen LogP contribution in [-0.4, -0.2) is 35.6 Å². The minimum atomic E-state index is -5.99. The predicted molar refractivity (Wildman–Crippen MR) is 47.9 cm³/mol. The van der Waals surface area contributed by atoms with E-state index in [2.05, 4.69) is 0 Å². The minimum Gasteiger partial charge on any atom is -0.481 e. The molecule has 0 spiro atoms. The van der Waals surface area contributed by atoms with Gasteiger partial charge in [0.05, 0.1) is 5.41 Å². The molecule has 0 radical (unpaired) electrons. The van der Waals surface area contributed by atoms with E-state index in [1.165, 1.54) is 5.32 Å². The second-order valence-corrected chi connectivity index (χ2v) is 4.19. The number of carbonyl (C=O) groups is 2. The summed E-state index contributed by atoms with van der Waals surface area (Å²) in [5.74, 6) is -9.36. The second kappa shape index (κ2) is 4.36. The monoisotopic (exact) mass is 275 g/mol. The van der Waals surface area contributed by atoms with Gasteiger partial charge >= 0.3 is 18.1 Å². The maximum Gasteiger partial charge on any atom is 0.463 e. The Kier molecular flexibility index (Phi) is 3.55. The normalized spacial score (nSPS) is 18.9. The molecule has 0 aliphatic heterocycles. The molecule has 4 nitrogen and oxygen atoms in total. The molecular formula is C9H10F5NO3. The summed E-state index contributed by atoms with van der Waals surface area (Å²) in [6.07, 6.45) is -5.19. The Morgan fingerprint density at radius 1 is 1.17 bits per heavy atom. The number of rotatable bonds is 4. The molecular weight excluding hydrogens is 265 g/mol. The van der Waals surface area contributed by atoms with Gasteiger partial charge in [0.1, 0.15) is 0 Å². The first kappa shape index (κ1) is 14.7. The lowest BCUT2D eigenvalue weighted by atomic mass is 9.69. The molecule has 0 heterocycles. The fourth-order valence-corrected chi connectivity index (χ4v) is 1.56. The van der Waals surface area contributed by atoms with Gasteiger partial charge in [-0.05, 0) is 12.8 Å². The van der Waals surface area contributed by atoms with Gasteiger partial charge in [0.25, 0.3) is 5.91 Å². The number of amides is 1. The Morgan fingerprint density at radius 2 is 1.67 bits per heavy atom. The van der Waals surface area contributed by atoms with Crippen LogP contribution in [0.25, 0.3) is 0 Å². The van der Waals surface area contributed by atoms with Crippen molar-refractivity contribution in [2.24, 2.45) is 5.41 Å². The minimum absolute atomic E-state index is 0.139. The fraction of sp³-hybridized carbons (Fsp3) is 0.778. The van der Waals surface area contributed by atoms with Gasteiger partial charge in [0.2, 0.25) is 0 Å². The molecule has 1 fully saturated rings. The summed E-state index contributed by atoms with van der Waals surface area (Å²) in [6, 6.07) is 0. The van der Waals surface area contributed by atoms with Crippen molar-refractivity contribution < 1.29 is 36.6 Å². The third kappa shape index (κ3) is 2.39. The largest absolute Gasteiger partial charge is 0.481 e. The second-order valence-electron chi connectivity index (χ2n) is 4.19. The van der Waals surface area contributed by atoms with E-state index in [1.807, 2.05) is 0 Å². The van der Waals surface area contributed by atoms with Crippen molar-refractivity contribution in [3.05, 3.63) is 0 Å². The summed E-state index contributed by atoms with van der Waals surface area (Å²) in [5, 5.41) is 10.2. The van der Waals surface area contributed by atoms with E-state index >= 15 is 0 Å². The van der Waals surface area contributed by atoms with Crippen molar-refractivity contribution in [3.63, 3.8) is 0 Å². The molecule has 0 unspecified atom stereocenters. The van der Waals surface area contributed by atoms with Gasteiger partial charge in [0, 0.05) is 6.54 Å².